The average molecular weight is 254 g/mol. The molecule has 1 atom stereocenters. The van der Waals surface area contributed by atoms with Gasteiger partial charge in [-0.25, -0.2) is 0 Å². The predicted molar refractivity (Wildman–Crippen MR) is 75.7 cm³/mol. The molecule has 1 aliphatic heterocycles. The van der Waals surface area contributed by atoms with Crippen LogP contribution in [0.5, 0.6) is 0 Å². The van der Waals surface area contributed by atoms with E-state index < -0.39 is 0 Å². The molecule has 0 radical (unpaired) electrons. The second kappa shape index (κ2) is 6.36. The Balaban J connectivity index is 1.65. The first kappa shape index (κ1) is 14.3. The molecule has 2 rings (SSSR count). The molecule has 0 bridgehead atoms. The molecule has 0 aromatic carbocycles. The van der Waals surface area contributed by atoms with E-state index in [2.05, 4.69) is 24.1 Å². The minimum atomic E-state index is -0.193. The normalized spacial score (nSPS) is 26.2. The molecular formula is C15H30N2O. The third-order valence-electron chi connectivity index (χ3n) is 5.11. The lowest BCUT2D eigenvalue weighted by molar-refractivity contribution is 0.0534. The fourth-order valence-corrected chi connectivity index (χ4v) is 3.12. The maximum atomic E-state index is 10.0. The molecule has 0 aromatic heterocycles. The van der Waals surface area contributed by atoms with E-state index in [1.165, 1.54) is 51.6 Å². The van der Waals surface area contributed by atoms with Crippen molar-refractivity contribution in [1.29, 1.82) is 0 Å². The Morgan fingerprint density at radius 3 is 2.33 bits per heavy atom. The predicted octanol–water partition coefficient (Wildman–Crippen LogP) is 2.00. The Kier molecular flexibility index (Phi) is 5.05. The summed E-state index contributed by atoms with van der Waals surface area (Å²) in [5.41, 5.74) is 0.591. The number of β-amino-alcohol motifs (C(OH)–C–C–N with tert-alkyl or cyclic N) is 1. The fraction of sp³-hybridized carbons (Fsp3) is 1.00. The van der Waals surface area contributed by atoms with Gasteiger partial charge in [0.05, 0.1) is 6.10 Å². The number of nitrogens with zero attached hydrogens (tertiary/aromatic N) is 1. The van der Waals surface area contributed by atoms with Crippen molar-refractivity contribution in [2.45, 2.75) is 64.5 Å². The van der Waals surface area contributed by atoms with Gasteiger partial charge < -0.3 is 15.3 Å². The van der Waals surface area contributed by atoms with Crippen molar-refractivity contribution in [3.63, 3.8) is 0 Å². The highest BCUT2D eigenvalue weighted by Crippen LogP contribution is 2.37. The summed E-state index contributed by atoms with van der Waals surface area (Å²) in [5, 5.41) is 13.4. The molecule has 18 heavy (non-hydrogen) atoms. The van der Waals surface area contributed by atoms with Gasteiger partial charge in [0.1, 0.15) is 0 Å². The Morgan fingerprint density at radius 2 is 1.83 bits per heavy atom. The van der Waals surface area contributed by atoms with Gasteiger partial charge in [-0.2, -0.15) is 0 Å². The quantitative estimate of drug-likeness (QED) is 0.729. The SMILES string of the molecule is CCC1(CC)CCN(CC(O)CNC2CC2)CC1. The minimum Gasteiger partial charge on any atom is -0.390 e. The average Bonchev–Trinajstić information content (AvgIpc) is 3.22. The summed E-state index contributed by atoms with van der Waals surface area (Å²) in [6.07, 6.45) is 7.64. The highest BCUT2D eigenvalue weighted by atomic mass is 16.3. The van der Waals surface area contributed by atoms with E-state index >= 15 is 0 Å². The molecule has 1 saturated heterocycles. The van der Waals surface area contributed by atoms with E-state index in [0.717, 1.165) is 13.1 Å². The largest absolute Gasteiger partial charge is 0.390 e. The smallest absolute Gasteiger partial charge is 0.0791 e. The van der Waals surface area contributed by atoms with Crippen LogP contribution in [0, 0.1) is 5.41 Å². The first-order valence-electron chi connectivity index (χ1n) is 7.81. The number of aliphatic hydroxyl groups excluding tert-OH is 1. The number of hydrogen-bond acceptors (Lipinski definition) is 3. The molecule has 1 saturated carbocycles. The molecule has 1 heterocycles. The summed E-state index contributed by atoms with van der Waals surface area (Å²) in [5.74, 6) is 0. The molecule has 3 nitrogen and oxygen atoms in total. The van der Waals surface area contributed by atoms with E-state index in [4.69, 9.17) is 0 Å². The number of likely N-dealkylation sites (tertiary alicyclic amines) is 1. The zero-order chi connectivity index (χ0) is 13.0. The fourth-order valence-electron chi connectivity index (χ4n) is 3.12. The first-order chi connectivity index (χ1) is 8.67. The van der Waals surface area contributed by atoms with E-state index in [9.17, 15) is 5.11 Å². The van der Waals surface area contributed by atoms with Crippen molar-refractivity contribution in [2.75, 3.05) is 26.2 Å². The Hall–Kier alpha value is -0.120. The molecule has 2 N–H and O–H groups in total. The van der Waals surface area contributed by atoms with Crippen LogP contribution < -0.4 is 5.32 Å². The van der Waals surface area contributed by atoms with Crippen molar-refractivity contribution in [1.82, 2.24) is 10.2 Å². The van der Waals surface area contributed by atoms with Crippen LogP contribution in [0.3, 0.4) is 0 Å². The molecule has 1 unspecified atom stereocenters. The monoisotopic (exact) mass is 254 g/mol. The summed E-state index contributed by atoms with van der Waals surface area (Å²) in [6.45, 7) is 8.61. The maximum absolute atomic E-state index is 10.0. The lowest BCUT2D eigenvalue weighted by Crippen LogP contribution is -2.45. The van der Waals surface area contributed by atoms with Crippen molar-refractivity contribution in [2.24, 2.45) is 5.41 Å². The zero-order valence-electron chi connectivity index (χ0n) is 12.1. The summed E-state index contributed by atoms with van der Waals surface area (Å²) in [6, 6.07) is 0.703. The first-order valence-corrected chi connectivity index (χ1v) is 7.81. The zero-order valence-corrected chi connectivity index (χ0v) is 12.1. The molecule has 3 heteroatoms. The highest BCUT2D eigenvalue weighted by Gasteiger charge is 2.31. The third-order valence-corrected chi connectivity index (χ3v) is 5.11. The van der Waals surface area contributed by atoms with Gasteiger partial charge in [0.25, 0.3) is 0 Å². The maximum Gasteiger partial charge on any atom is 0.0791 e. The third kappa shape index (κ3) is 3.94. The van der Waals surface area contributed by atoms with Crippen LogP contribution in [0.2, 0.25) is 0 Å². The number of rotatable bonds is 7. The molecule has 1 aliphatic carbocycles. The lowest BCUT2D eigenvalue weighted by atomic mass is 9.74. The van der Waals surface area contributed by atoms with E-state index in [1.54, 1.807) is 0 Å². The number of aliphatic hydroxyl groups is 1. The molecule has 106 valence electrons. The summed E-state index contributed by atoms with van der Waals surface area (Å²) >= 11 is 0. The van der Waals surface area contributed by atoms with Crippen molar-refractivity contribution in [3.05, 3.63) is 0 Å². The van der Waals surface area contributed by atoms with Gasteiger partial charge in [-0.15, -0.1) is 0 Å². The van der Waals surface area contributed by atoms with Gasteiger partial charge in [-0.05, 0) is 44.2 Å². The molecule has 2 aliphatic rings. The summed E-state index contributed by atoms with van der Waals surface area (Å²) in [4.78, 5) is 2.45. The number of nitrogens with one attached hydrogen (secondary N) is 1. The van der Waals surface area contributed by atoms with E-state index in [1.807, 2.05) is 0 Å². The van der Waals surface area contributed by atoms with Gasteiger partial charge in [0.2, 0.25) is 0 Å². The van der Waals surface area contributed by atoms with Crippen LogP contribution >= 0.6 is 0 Å². The van der Waals surface area contributed by atoms with Crippen LogP contribution in [-0.4, -0.2) is 48.3 Å². The van der Waals surface area contributed by atoms with E-state index in [-0.39, 0.29) is 6.10 Å². The van der Waals surface area contributed by atoms with E-state index in [0.29, 0.717) is 11.5 Å². The number of piperidine rings is 1. The van der Waals surface area contributed by atoms with Crippen LogP contribution in [0.15, 0.2) is 0 Å². The Morgan fingerprint density at radius 1 is 1.22 bits per heavy atom. The molecule has 2 fully saturated rings. The van der Waals surface area contributed by atoms with Crippen LogP contribution in [0.4, 0.5) is 0 Å². The Labute approximate surface area is 112 Å². The van der Waals surface area contributed by atoms with Crippen molar-refractivity contribution < 1.29 is 5.11 Å². The standard InChI is InChI=1S/C15H30N2O/c1-3-15(4-2)7-9-17(10-8-15)12-14(18)11-16-13-5-6-13/h13-14,16,18H,3-12H2,1-2H3. The van der Waals surface area contributed by atoms with Gasteiger partial charge in [0.15, 0.2) is 0 Å². The van der Waals surface area contributed by atoms with Crippen LogP contribution in [0.25, 0.3) is 0 Å². The molecular weight excluding hydrogens is 224 g/mol. The van der Waals surface area contributed by atoms with Crippen molar-refractivity contribution >= 4 is 0 Å². The molecule has 0 spiro atoms. The van der Waals surface area contributed by atoms with Crippen LogP contribution in [-0.2, 0) is 0 Å². The summed E-state index contributed by atoms with van der Waals surface area (Å²) < 4.78 is 0. The molecule has 0 aromatic rings. The topological polar surface area (TPSA) is 35.5 Å². The van der Waals surface area contributed by atoms with Gasteiger partial charge >= 0.3 is 0 Å². The summed E-state index contributed by atoms with van der Waals surface area (Å²) in [7, 11) is 0. The van der Waals surface area contributed by atoms with Gasteiger partial charge in [-0.3, -0.25) is 0 Å². The Bertz CT molecular complexity index is 239. The number of hydrogen-bond donors (Lipinski definition) is 2. The van der Waals surface area contributed by atoms with Crippen molar-refractivity contribution in [3.8, 4) is 0 Å². The highest BCUT2D eigenvalue weighted by molar-refractivity contribution is 4.86. The van der Waals surface area contributed by atoms with Crippen LogP contribution in [0.1, 0.15) is 52.4 Å². The lowest BCUT2D eigenvalue weighted by Gasteiger charge is -2.41. The second-order valence-corrected chi connectivity index (χ2v) is 6.34. The second-order valence-electron chi connectivity index (χ2n) is 6.34. The molecule has 0 amide bonds. The van der Waals surface area contributed by atoms with Gasteiger partial charge in [-0.1, -0.05) is 26.7 Å². The van der Waals surface area contributed by atoms with Gasteiger partial charge in [0, 0.05) is 19.1 Å². The minimum absolute atomic E-state index is 0.193.